The van der Waals surface area contributed by atoms with E-state index in [4.69, 9.17) is 27.9 Å². The number of aryl methyl sites for hydroxylation is 1. The van der Waals surface area contributed by atoms with Crippen LogP contribution < -0.4 is 4.74 Å². The summed E-state index contributed by atoms with van der Waals surface area (Å²) in [5.41, 5.74) is 2.25. The standard InChI is InChI=1S/C22H25Cl2NO3/c1-14-10-21-17(11-18(14)24)19(26)12-22(28-21)6-8-25(9-7-22)13-20(27)15-2-4-16(23)5-3-15/h2-5,10-11,19-20,26-27H,6-9,12-13H2,1H3/t19-,20+/m1/s1. The van der Waals surface area contributed by atoms with Gasteiger partial charge in [-0.25, -0.2) is 0 Å². The summed E-state index contributed by atoms with van der Waals surface area (Å²) in [7, 11) is 0. The van der Waals surface area contributed by atoms with Gasteiger partial charge in [0, 0.05) is 41.7 Å². The fourth-order valence-corrected chi connectivity index (χ4v) is 4.54. The number of ether oxygens (including phenoxy) is 1. The number of hydrogen-bond donors (Lipinski definition) is 2. The first kappa shape index (κ1) is 20.0. The smallest absolute Gasteiger partial charge is 0.126 e. The lowest BCUT2D eigenvalue weighted by Gasteiger charge is -2.46. The van der Waals surface area contributed by atoms with Gasteiger partial charge < -0.3 is 19.8 Å². The van der Waals surface area contributed by atoms with E-state index in [2.05, 4.69) is 4.90 Å². The molecular weight excluding hydrogens is 397 g/mol. The Kier molecular flexibility index (Phi) is 5.60. The minimum absolute atomic E-state index is 0.353. The van der Waals surface area contributed by atoms with Crippen LogP contribution in [0.2, 0.25) is 10.0 Å². The van der Waals surface area contributed by atoms with Gasteiger partial charge in [-0.3, -0.25) is 0 Å². The molecule has 1 fully saturated rings. The lowest BCUT2D eigenvalue weighted by atomic mass is 9.81. The molecule has 1 saturated heterocycles. The summed E-state index contributed by atoms with van der Waals surface area (Å²) in [6.07, 6.45) is 1.10. The normalized spacial score (nSPS) is 22.5. The van der Waals surface area contributed by atoms with Crippen LogP contribution >= 0.6 is 23.2 Å². The molecule has 0 unspecified atom stereocenters. The van der Waals surface area contributed by atoms with E-state index in [0.29, 0.717) is 23.0 Å². The summed E-state index contributed by atoms with van der Waals surface area (Å²) in [6, 6.07) is 11.1. The van der Waals surface area contributed by atoms with Gasteiger partial charge in [-0.05, 0) is 55.2 Å². The zero-order valence-corrected chi connectivity index (χ0v) is 17.4. The molecule has 2 aromatic rings. The maximum atomic E-state index is 10.7. The van der Waals surface area contributed by atoms with Crippen LogP contribution in [-0.4, -0.2) is 40.3 Å². The van der Waals surface area contributed by atoms with Crippen molar-refractivity contribution in [3.8, 4) is 5.75 Å². The average molecular weight is 422 g/mol. The van der Waals surface area contributed by atoms with Gasteiger partial charge in [0.2, 0.25) is 0 Å². The van der Waals surface area contributed by atoms with Crippen molar-refractivity contribution in [2.24, 2.45) is 0 Å². The maximum Gasteiger partial charge on any atom is 0.126 e. The number of piperidine rings is 1. The van der Waals surface area contributed by atoms with Gasteiger partial charge in [-0.2, -0.15) is 0 Å². The highest BCUT2D eigenvalue weighted by Crippen LogP contribution is 2.45. The van der Waals surface area contributed by atoms with Gasteiger partial charge in [-0.1, -0.05) is 35.3 Å². The third-order valence-electron chi connectivity index (χ3n) is 6.00. The van der Waals surface area contributed by atoms with E-state index in [0.717, 1.165) is 48.4 Å². The number of nitrogens with zero attached hydrogens (tertiary/aromatic N) is 1. The molecule has 0 aromatic heterocycles. The van der Waals surface area contributed by atoms with E-state index in [9.17, 15) is 10.2 Å². The Balaban J connectivity index is 1.41. The largest absolute Gasteiger partial charge is 0.487 e. The number of hydrogen-bond acceptors (Lipinski definition) is 4. The fourth-order valence-electron chi connectivity index (χ4n) is 4.24. The number of benzene rings is 2. The monoisotopic (exact) mass is 421 g/mol. The Bertz CT molecular complexity index is 848. The summed E-state index contributed by atoms with van der Waals surface area (Å²) >= 11 is 12.1. The van der Waals surface area contributed by atoms with Crippen molar-refractivity contribution in [3.05, 3.63) is 63.1 Å². The predicted octanol–water partition coefficient (Wildman–Crippen LogP) is 4.69. The first-order valence-electron chi connectivity index (χ1n) is 9.68. The summed E-state index contributed by atoms with van der Waals surface area (Å²) in [6.45, 7) is 4.16. The van der Waals surface area contributed by atoms with Crippen molar-refractivity contribution in [3.63, 3.8) is 0 Å². The van der Waals surface area contributed by atoms with Gasteiger partial charge in [0.25, 0.3) is 0 Å². The molecule has 2 aromatic carbocycles. The fraction of sp³-hybridized carbons (Fsp3) is 0.455. The maximum absolute atomic E-state index is 10.7. The zero-order chi connectivity index (χ0) is 19.9. The second-order valence-corrected chi connectivity index (χ2v) is 8.86. The van der Waals surface area contributed by atoms with Gasteiger partial charge >= 0.3 is 0 Å². The lowest BCUT2D eigenvalue weighted by molar-refractivity contribution is -0.0588. The summed E-state index contributed by atoms with van der Waals surface area (Å²) < 4.78 is 6.40. The highest BCUT2D eigenvalue weighted by atomic mass is 35.5. The van der Waals surface area contributed by atoms with Crippen LogP contribution in [0.3, 0.4) is 0 Å². The quantitative estimate of drug-likeness (QED) is 0.754. The lowest BCUT2D eigenvalue weighted by Crippen LogP contribution is -2.51. The van der Waals surface area contributed by atoms with E-state index in [1.807, 2.05) is 31.2 Å². The Hall–Kier alpha value is -1.30. The Morgan fingerprint density at radius 2 is 1.86 bits per heavy atom. The number of fused-ring (bicyclic) bond motifs is 1. The number of rotatable bonds is 3. The molecule has 2 aliphatic rings. The van der Waals surface area contributed by atoms with Crippen LogP contribution in [-0.2, 0) is 0 Å². The van der Waals surface area contributed by atoms with Crippen LogP contribution in [0.5, 0.6) is 5.75 Å². The van der Waals surface area contributed by atoms with Crippen LogP contribution in [0.4, 0.5) is 0 Å². The molecule has 1 spiro atoms. The van der Waals surface area contributed by atoms with Gasteiger partial charge in [-0.15, -0.1) is 0 Å². The number of aliphatic hydroxyl groups is 2. The second kappa shape index (κ2) is 7.85. The molecule has 4 nitrogen and oxygen atoms in total. The van der Waals surface area contributed by atoms with Crippen molar-refractivity contribution in [1.29, 1.82) is 0 Å². The number of likely N-dealkylation sites (tertiary alicyclic amines) is 1. The number of halogens is 2. The molecule has 2 heterocycles. The average Bonchev–Trinajstić information content (AvgIpc) is 2.66. The molecule has 2 aliphatic heterocycles. The molecule has 0 aliphatic carbocycles. The number of aliphatic hydroxyl groups excluding tert-OH is 2. The Morgan fingerprint density at radius 1 is 1.18 bits per heavy atom. The molecule has 6 heteroatoms. The SMILES string of the molecule is Cc1cc2c(cc1Cl)[C@H](O)CC1(CCN(C[C@H](O)c3ccc(Cl)cc3)CC1)O2. The summed E-state index contributed by atoms with van der Waals surface area (Å²) in [5.74, 6) is 0.746. The second-order valence-electron chi connectivity index (χ2n) is 8.01. The predicted molar refractivity (Wildman–Crippen MR) is 111 cm³/mol. The molecule has 0 saturated carbocycles. The molecule has 2 atom stereocenters. The van der Waals surface area contributed by atoms with E-state index in [-0.39, 0.29) is 5.60 Å². The van der Waals surface area contributed by atoms with Crippen molar-refractivity contribution in [2.45, 2.75) is 44.0 Å². The van der Waals surface area contributed by atoms with E-state index in [1.54, 1.807) is 12.1 Å². The molecule has 0 bridgehead atoms. The minimum atomic E-state index is -0.562. The van der Waals surface area contributed by atoms with Crippen molar-refractivity contribution < 1.29 is 14.9 Å². The van der Waals surface area contributed by atoms with Crippen LogP contribution in [0.15, 0.2) is 36.4 Å². The Labute approximate surface area is 175 Å². The highest BCUT2D eigenvalue weighted by Gasteiger charge is 2.43. The third kappa shape index (κ3) is 4.03. The molecule has 0 amide bonds. The van der Waals surface area contributed by atoms with Gasteiger partial charge in [0.1, 0.15) is 11.4 Å². The van der Waals surface area contributed by atoms with Crippen LogP contribution in [0.1, 0.15) is 48.2 Å². The van der Waals surface area contributed by atoms with E-state index >= 15 is 0 Å². The molecular formula is C22H25Cl2NO3. The molecule has 28 heavy (non-hydrogen) atoms. The summed E-state index contributed by atoms with van der Waals surface area (Å²) in [4.78, 5) is 2.25. The topological polar surface area (TPSA) is 52.9 Å². The molecule has 150 valence electrons. The van der Waals surface area contributed by atoms with Crippen molar-refractivity contribution in [1.82, 2.24) is 4.90 Å². The van der Waals surface area contributed by atoms with E-state index < -0.39 is 12.2 Å². The van der Waals surface area contributed by atoms with Crippen LogP contribution in [0.25, 0.3) is 0 Å². The number of β-amino-alcohol motifs (C(OH)–C–C–N with tert-alkyl or cyclic N) is 1. The Morgan fingerprint density at radius 3 is 2.54 bits per heavy atom. The first-order valence-corrected chi connectivity index (χ1v) is 10.4. The molecule has 2 N–H and O–H groups in total. The van der Waals surface area contributed by atoms with Gasteiger partial charge in [0.05, 0.1) is 12.2 Å². The van der Waals surface area contributed by atoms with Crippen LogP contribution in [0, 0.1) is 6.92 Å². The van der Waals surface area contributed by atoms with E-state index in [1.165, 1.54) is 0 Å². The molecule has 0 radical (unpaired) electrons. The first-order chi connectivity index (χ1) is 13.3. The third-order valence-corrected chi connectivity index (χ3v) is 6.65. The summed E-state index contributed by atoms with van der Waals surface area (Å²) in [5, 5.41) is 22.5. The highest BCUT2D eigenvalue weighted by molar-refractivity contribution is 6.31. The minimum Gasteiger partial charge on any atom is -0.487 e. The molecule has 4 rings (SSSR count). The zero-order valence-electron chi connectivity index (χ0n) is 15.9. The van der Waals surface area contributed by atoms with Gasteiger partial charge in [0.15, 0.2) is 0 Å². The van der Waals surface area contributed by atoms with Crippen molar-refractivity contribution >= 4 is 23.2 Å². The van der Waals surface area contributed by atoms with Crippen molar-refractivity contribution in [2.75, 3.05) is 19.6 Å².